The highest BCUT2D eigenvalue weighted by Crippen LogP contribution is 2.32. The van der Waals surface area contributed by atoms with E-state index in [9.17, 15) is 14.4 Å². The van der Waals surface area contributed by atoms with E-state index in [4.69, 9.17) is 13.9 Å². The van der Waals surface area contributed by atoms with Crippen molar-refractivity contribution in [2.24, 2.45) is 0 Å². The van der Waals surface area contributed by atoms with E-state index < -0.39 is 0 Å². The Bertz CT molecular complexity index is 1150. The summed E-state index contributed by atoms with van der Waals surface area (Å²) in [6, 6.07) is 13.6. The molecule has 0 bridgehead atoms. The highest BCUT2D eigenvalue weighted by Gasteiger charge is 2.17. The lowest BCUT2D eigenvalue weighted by Gasteiger charge is -2.15. The van der Waals surface area contributed by atoms with Crippen molar-refractivity contribution in [3.8, 4) is 22.8 Å². The van der Waals surface area contributed by atoms with Crippen molar-refractivity contribution in [3.63, 3.8) is 0 Å². The Balaban J connectivity index is 2.06. The molecule has 1 aromatic heterocycles. The van der Waals surface area contributed by atoms with Gasteiger partial charge in [0.2, 0.25) is 0 Å². The number of benzene rings is 2. The van der Waals surface area contributed by atoms with E-state index in [-0.39, 0.29) is 52.9 Å². The van der Waals surface area contributed by atoms with E-state index >= 15 is 0 Å². The van der Waals surface area contributed by atoms with Crippen LogP contribution in [0.3, 0.4) is 0 Å². The topological polar surface area (TPSA) is 89.3 Å². The molecular weight excluding hydrogens is 400 g/mol. The predicted octanol–water partition coefficient (Wildman–Crippen LogP) is 2.39. The summed E-state index contributed by atoms with van der Waals surface area (Å²) in [5.41, 5.74) is 0.651. The summed E-state index contributed by atoms with van der Waals surface area (Å²) in [6.45, 7) is -0.459. The number of nitrogens with zero attached hydrogens (tertiary/aromatic N) is 2. The zero-order chi connectivity index (χ0) is 22.5. The molecular formula is C23H24N2O6. The van der Waals surface area contributed by atoms with Crippen molar-refractivity contribution < 1.29 is 23.5 Å². The number of rotatable bonds is 7. The molecule has 0 spiro atoms. The average molecular weight is 424 g/mol. The van der Waals surface area contributed by atoms with Gasteiger partial charge >= 0.3 is 0 Å². The van der Waals surface area contributed by atoms with Crippen LogP contribution in [0.4, 0.5) is 0 Å². The van der Waals surface area contributed by atoms with E-state index in [1.807, 2.05) is 30.3 Å². The van der Waals surface area contributed by atoms with Crippen LogP contribution >= 0.6 is 0 Å². The first kappa shape index (κ1) is 21.9. The predicted molar refractivity (Wildman–Crippen MR) is 116 cm³/mol. The Hall–Kier alpha value is -3.81. The molecule has 0 saturated heterocycles. The van der Waals surface area contributed by atoms with Crippen LogP contribution in [0.1, 0.15) is 0 Å². The normalized spacial score (nSPS) is 10.6. The molecule has 3 aromatic rings. The van der Waals surface area contributed by atoms with Crippen molar-refractivity contribution in [1.29, 1.82) is 0 Å². The van der Waals surface area contributed by atoms with Gasteiger partial charge in [-0.05, 0) is 0 Å². The summed E-state index contributed by atoms with van der Waals surface area (Å²) >= 11 is 0. The minimum absolute atomic E-state index is 0.147. The lowest BCUT2D eigenvalue weighted by atomic mass is 10.1. The molecule has 0 unspecified atom stereocenters. The second kappa shape index (κ2) is 9.34. The number of ether oxygens (including phenoxy) is 2. The van der Waals surface area contributed by atoms with Gasteiger partial charge in [0.15, 0.2) is 18.6 Å². The minimum atomic E-state index is -0.316. The molecule has 2 aromatic carbocycles. The first-order valence-corrected chi connectivity index (χ1v) is 9.59. The third-order valence-corrected chi connectivity index (χ3v) is 4.54. The first-order valence-electron chi connectivity index (χ1n) is 9.59. The molecule has 1 heterocycles. The smallest absolute Gasteiger partial charge is 0.259 e. The maximum atomic E-state index is 12.9. The summed E-state index contributed by atoms with van der Waals surface area (Å²) in [4.78, 5) is 39.6. The van der Waals surface area contributed by atoms with Gasteiger partial charge in [-0.3, -0.25) is 14.4 Å². The van der Waals surface area contributed by atoms with Crippen molar-refractivity contribution >= 4 is 22.8 Å². The van der Waals surface area contributed by atoms with Gasteiger partial charge in [-0.1, -0.05) is 30.3 Å². The van der Waals surface area contributed by atoms with Gasteiger partial charge in [-0.25, -0.2) is 0 Å². The third-order valence-electron chi connectivity index (χ3n) is 4.54. The molecule has 0 aliphatic heterocycles. The summed E-state index contributed by atoms with van der Waals surface area (Å²) < 4.78 is 17.2. The molecule has 0 aliphatic carbocycles. The van der Waals surface area contributed by atoms with Gasteiger partial charge in [0, 0.05) is 52.0 Å². The highest BCUT2D eigenvalue weighted by molar-refractivity contribution is 5.87. The number of likely N-dealkylation sites (N-methyl/N-ethyl adjacent to an activating group) is 2. The fourth-order valence-corrected chi connectivity index (χ4v) is 2.71. The first-order chi connectivity index (χ1) is 14.8. The number of fused-ring (bicyclic) bond motifs is 1. The van der Waals surface area contributed by atoms with E-state index in [0.717, 1.165) is 5.56 Å². The molecule has 0 aliphatic rings. The SMILES string of the molecule is CN(C)C(=O)COc1cc(OCC(=O)N(C)C)c2c(=O)cc(-c3ccccc3)oc2c1. The van der Waals surface area contributed by atoms with Crippen molar-refractivity contribution in [2.75, 3.05) is 41.4 Å². The molecule has 3 rings (SSSR count). The maximum Gasteiger partial charge on any atom is 0.259 e. The Morgan fingerprint density at radius 2 is 1.48 bits per heavy atom. The molecule has 8 nitrogen and oxygen atoms in total. The van der Waals surface area contributed by atoms with Crippen LogP contribution < -0.4 is 14.9 Å². The van der Waals surface area contributed by atoms with Crippen LogP contribution in [-0.2, 0) is 9.59 Å². The zero-order valence-corrected chi connectivity index (χ0v) is 17.9. The third kappa shape index (κ3) is 5.22. The van der Waals surface area contributed by atoms with Crippen molar-refractivity contribution in [3.05, 3.63) is 58.8 Å². The van der Waals surface area contributed by atoms with E-state index in [1.165, 1.54) is 28.0 Å². The molecule has 0 N–H and O–H groups in total. The van der Waals surface area contributed by atoms with Gasteiger partial charge in [0.25, 0.3) is 11.8 Å². The molecule has 0 radical (unpaired) electrons. The van der Waals surface area contributed by atoms with Gasteiger partial charge in [0.05, 0.1) is 0 Å². The number of carbonyl (C=O) groups is 2. The summed E-state index contributed by atoms with van der Waals surface area (Å²) in [6.07, 6.45) is 0. The molecule has 8 heteroatoms. The van der Waals surface area contributed by atoms with Crippen LogP contribution in [0.15, 0.2) is 57.7 Å². The van der Waals surface area contributed by atoms with Crippen molar-refractivity contribution in [2.45, 2.75) is 0 Å². The Labute approximate surface area is 179 Å². The van der Waals surface area contributed by atoms with Crippen molar-refractivity contribution in [1.82, 2.24) is 9.80 Å². The van der Waals surface area contributed by atoms with Gasteiger partial charge in [0.1, 0.15) is 28.2 Å². The fourth-order valence-electron chi connectivity index (χ4n) is 2.71. The molecule has 2 amide bonds. The quantitative estimate of drug-likeness (QED) is 0.579. The maximum absolute atomic E-state index is 12.9. The molecule has 0 atom stereocenters. The van der Waals surface area contributed by atoms with Crippen LogP contribution in [0.5, 0.6) is 11.5 Å². The Morgan fingerprint density at radius 1 is 0.871 bits per heavy atom. The number of carbonyl (C=O) groups excluding carboxylic acids is 2. The second-order valence-electron chi connectivity index (χ2n) is 7.29. The lowest BCUT2D eigenvalue weighted by molar-refractivity contribution is -0.131. The molecule has 162 valence electrons. The summed E-state index contributed by atoms with van der Waals surface area (Å²) in [7, 11) is 6.46. The van der Waals surface area contributed by atoms with E-state index in [2.05, 4.69) is 0 Å². The zero-order valence-electron chi connectivity index (χ0n) is 17.9. The van der Waals surface area contributed by atoms with Gasteiger partial charge in [-0.2, -0.15) is 0 Å². The largest absolute Gasteiger partial charge is 0.483 e. The fraction of sp³-hybridized carbons (Fsp3) is 0.261. The number of hydrogen-bond donors (Lipinski definition) is 0. The van der Waals surface area contributed by atoms with E-state index in [0.29, 0.717) is 5.76 Å². The molecule has 0 saturated carbocycles. The summed E-state index contributed by atoms with van der Waals surface area (Å²) in [5, 5.41) is 0.192. The second-order valence-corrected chi connectivity index (χ2v) is 7.29. The van der Waals surface area contributed by atoms with Gasteiger partial charge in [-0.15, -0.1) is 0 Å². The lowest BCUT2D eigenvalue weighted by Crippen LogP contribution is -2.28. The monoisotopic (exact) mass is 424 g/mol. The number of amides is 2. The molecule has 0 fully saturated rings. The minimum Gasteiger partial charge on any atom is -0.483 e. The van der Waals surface area contributed by atoms with Crippen LogP contribution in [0.2, 0.25) is 0 Å². The van der Waals surface area contributed by atoms with Crippen LogP contribution in [0, 0.1) is 0 Å². The van der Waals surface area contributed by atoms with Gasteiger partial charge < -0.3 is 23.7 Å². The van der Waals surface area contributed by atoms with E-state index in [1.54, 1.807) is 28.2 Å². The number of hydrogen-bond acceptors (Lipinski definition) is 6. The standard InChI is InChI=1S/C23H24N2O6/c1-24(2)21(27)13-29-16-10-19(30-14-22(28)25(3)4)23-17(26)12-18(31-20(23)11-16)15-8-6-5-7-9-15/h5-12H,13-14H2,1-4H3. The summed E-state index contributed by atoms with van der Waals surface area (Å²) in [5.74, 6) is 0.309. The Kier molecular flexibility index (Phi) is 6.59. The van der Waals surface area contributed by atoms with Crippen LogP contribution in [0.25, 0.3) is 22.3 Å². The Morgan fingerprint density at radius 3 is 2.10 bits per heavy atom. The highest BCUT2D eigenvalue weighted by atomic mass is 16.5. The van der Waals surface area contributed by atoms with Crippen LogP contribution in [-0.4, -0.2) is 63.0 Å². The average Bonchev–Trinajstić information content (AvgIpc) is 2.75. The molecule has 31 heavy (non-hydrogen) atoms.